The van der Waals surface area contributed by atoms with E-state index >= 15 is 0 Å². The highest BCUT2D eigenvalue weighted by molar-refractivity contribution is 5.95. The molecule has 0 fully saturated rings. The molecule has 0 rings (SSSR count). The second-order valence-electron chi connectivity index (χ2n) is 7.52. The van der Waals surface area contributed by atoms with Crippen LogP contribution in [0.15, 0.2) is 0 Å². The Morgan fingerprint density at radius 1 is 0.528 bits per heavy atom. The maximum atomic E-state index is 12.7. The van der Waals surface area contributed by atoms with E-state index in [1.54, 1.807) is 0 Å². The summed E-state index contributed by atoms with van der Waals surface area (Å²) in [5.41, 5.74) is 5.42. The predicted octanol–water partition coefficient (Wildman–Crippen LogP) is -3.08. The van der Waals surface area contributed by atoms with E-state index in [-0.39, 0.29) is 0 Å². The summed E-state index contributed by atoms with van der Waals surface area (Å²) >= 11 is 0. The van der Waals surface area contributed by atoms with Crippen LogP contribution in [-0.2, 0) is 38.4 Å². The molecule has 0 aliphatic carbocycles. The number of carbonyl (C=O) groups excluding carboxylic acids is 3. The minimum atomic E-state index is -1.69. The lowest BCUT2D eigenvalue weighted by Gasteiger charge is -2.24. The average Bonchev–Trinajstić information content (AvgIpc) is 2.75. The molecule has 4 unspecified atom stereocenters. The van der Waals surface area contributed by atoms with Crippen LogP contribution in [0.2, 0.25) is 0 Å². The number of carbonyl (C=O) groups is 8. The van der Waals surface area contributed by atoms with Crippen LogP contribution in [0.5, 0.6) is 0 Å². The first kappa shape index (κ1) is 31.7. The third-order valence-corrected chi connectivity index (χ3v) is 4.55. The molecule has 3 amide bonds. The van der Waals surface area contributed by atoms with Crippen LogP contribution < -0.4 is 21.7 Å². The Hall–Kier alpha value is -4.28. The Kier molecular flexibility index (Phi) is 13.7. The van der Waals surface area contributed by atoms with Gasteiger partial charge in [0.1, 0.15) is 18.1 Å². The maximum absolute atomic E-state index is 12.7. The van der Waals surface area contributed by atoms with Crippen molar-refractivity contribution in [3.05, 3.63) is 0 Å². The van der Waals surface area contributed by atoms with E-state index < -0.39 is 117 Å². The summed E-state index contributed by atoms with van der Waals surface area (Å²) in [5, 5.41) is 50.6. The van der Waals surface area contributed by atoms with Crippen molar-refractivity contribution in [3.63, 3.8) is 0 Å². The number of rotatable bonds is 18. The number of amides is 3. The topological polar surface area (TPSA) is 300 Å². The number of nitrogens with one attached hydrogen (secondary N) is 3. The van der Waals surface area contributed by atoms with E-state index in [9.17, 15) is 43.5 Å². The first-order valence-corrected chi connectivity index (χ1v) is 10.4. The van der Waals surface area contributed by atoms with Gasteiger partial charge in [-0.15, -0.1) is 0 Å². The Morgan fingerprint density at radius 2 is 0.861 bits per heavy atom. The van der Waals surface area contributed by atoms with Gasteiger partial charge in [0.05, 0.1) is 12.5 Å². The van der Waals surface area contributed by atoms with Crippen molar-refractivity contribution >= 4 is 47.6 Å². The van der Waals surface area contributed by atoms with E-state index in [1.165, 1.54) is 0 Å². The average molecular weight is 520 g/mol. The Bertz CT molecular complexity index is 875. The van der Waals surface area contributed by atoms with Crippen LogP contribution >= 0.6 is 0 Å². The molecule has 0 aromatic heterocycles. The minimum Gasteiger partial charge on any atom is -0.481 e. The predicted molar refractivity (Wildman–Crippen MR) is 114 cm³/mol. The standard InChI is InChI=1S/C19H28N4O13/c20-8(7-15(30)31)16(32)21-9(1-4-12(24)25)17(33)22-10(2-5-13(26)27)18(34)23-11(19(35)36)3-6-14(28)29/h8-11H,1-7,20H2,(H,21,32)(H,22,33)(H,23,34)(H,24,25)(H,26,27)(H,28,29)(H,30,31)(H,35,36). The number of hydrogen-bond donors (Lipinski definition) is 9. The molecule has 10 N–H and O–H groups in total. The van der Waals surface area contributed by atoms with Crippen molar-refractivity contribution in [1.29, 1.82) is 0 Å². The van der Waals surface area contributed by atoms with Gasteiger partial charge in [0.2, 0.25) is 17.7 Å². The minimum absolute atomic E-state index is 0.518. The molecule has 17 nitrogen and oxygen atoms in total. The number of carboxylic acid groups (broad SMARTS) is 5. The zero-order valence-electron chi connectivity index (χ0n) is 18.8. The fourth-order valence-electron chi connectivity index (χ4n) is 2.70. The second-order valence-corrected chi connectivity index (χ2v) is 7.52. The SMILES string of the molecule is NC(CC(=O)O)C(=O)NC(CCC(=O)O)C(=O)NC(CCC(=O)O)C(=O)NC(CCC(=O)O)C(=O)O. The van der Waals surface area contributed by atoms with E-state index in [2.05, 4.69) is 10.6 Å². The van der Waals surface area contributed by atoms with Gasteiger partial charge in [-0.2, -0.15) is 0 Å². The first-order valence-electron chi connectivity index (χ1n) is 10.4. The molecular weight excluding hydrogens is 492 g/mol. The van der Waals surface area contributed by atoms with Gasteiger partial charge in [0, 0.05) is 19.3 Å². The number of carboxylic acids is 5. The zero-order valence-corrected chi connectivity index (χ0v) is 18.8. The van der Waals surface area contributed by atoms with E-state index in [1.807, 2.05) is 5.32 Å². The fourth-order valence-corrected chi connectivity index (χ4v) is 2.70. The summed E-state index contributed by atoms with van der Waals surface area (Å²) in [5.74, 6) is -10.5. The van der Waals surface area contributed by atoms with Crippen molar-refractivity contribution in [2.75, 3.05) is 0 Å². The summed E-state index contributed by atoms with van der Waals surface area (Å²) in [4.78, 5) is 92.1. The molecular formula is C19H28N4O13. The Balaban J connectivity index is 5.66. The summed E-state index contributed by atoms with van der Waals surface area (Å²) < 4.78 is 0. The lowest BCUT2D eigenvalue weighted by Crippen LogP contribution is -2.57. The van der Waals surface area contributed by atoms with Crippen LogP contribution in [0.1, 0.15) is 44.9 Å². The molecule has 0 spiro atoms. The largest absolute Gasteiger partial charge is 0.481 e. The Morgan fingerprint density at radius 3 is 1.19 bits per heavy atom. The van der Waals surface area contributed by atoms with Crippen molar-refractivity contribution < 1.29 is 63.9 Å². The molecule has 0 aromatic rings. The number of hydrogen-bond acceptors (Lipinski definition) is 9. The molecule has 0 aliphatic heterocycles. The van der Waals surface area contributed by atoms with Crippen molar-refractivity contribution in [2.24, 2.45) is 5.73 Å². The fraction of sp³-hybridized carbons (Fsp3) is 0.579. The summed E-state index contributed by atoms with van der Waals surface area (Å²) in [6, 6.07) is -6.58. The number of nitrogens with two attached hydrogens (primary N) is 1. The highest BCUT2D eigenvalue weighted by atomic mass is 16.4. The molecule has 17 heteroatoms. The normalized spacial score (nSPS) is 13.8. The van der Waals surface area contributed by atoms with Crippen molar-refractivity contribution in [3.8, 4) is 0 Å². The zero-order chi connectivity index (χ0) is 28.0. The maximum Gasteiger partial charge on any atom is 0.326 e. The van der Waals surface area contributed by atoms with Crippen LogP contribution in [0.25, 0.3) is 0 Å². The van der Waals surface area contributed by atoms with Crippen molar-refractivity contribution in [1.82, 2.24) is 16.0 Å². The lowest BCUT2D eigenvalue weighted by atomic mass is 10.1. The highest BCUT2D eigenvalue weighted by Gasteiger charge is 2.31. The molecule has 36 heavy (non-hydrogen) atoms. The van der Waals surface area contributed by atoms with Crippen LogP contribution in [0.3, 0.4) is 0 Å². The third-order valence-electron chi connectivity index (χ3n) is 4.55. The summed E-state index contributed by atoms with van der Waals surface area (Å²) in [6.45, 7) is 0. The molecule has 202 valence electrons. The van der Waals surface area contributed by atoms with Gasteiger partial charge in [-0.1, -0.05) is 0 Å². The van der Waals surface area contributed by atoms with E-state index in [0.717, 1.165) is 0 Å². The van der Waals surface area contributed by atoms with Gasteiger partial charge in [-0.05, 0) is 19.3 Å². The molecule has 0 saturated carbocycles. The van der Waals surface area contributed by atoms with Gasteiger partial charge < -0.3 is 47.2 Å². The molecule has 0 aromatic carbocycles. The summed E-state index contributed by atoms with van der Waals surface area (Å²) in [6.07, 6.45) is -4.32. The van der Waals surface area contributed by atoms with Crippen LogP contribution in [0.4, 0.5) is 0 Å². The molecule has 0 radical (unpaired) electrons. The van der Waals surface area contributed by atoms with Gasteiger partial charge >= 0.3 is 29.8 Å². The molecule has 0 bridgehead atoms. The molecule has 4 atom stereocenters. The van der Waals surface area contributed by atoms with Crippen molar-refractivity contribution in [2.45, 2.75) is 69.1 Å². The second kappa shape index (κ2) is 15.6. The van der Waals surface area contributed by atoms with E-state index in [0.29, 0.717) is 0 Å². The Labute approximate surface area is 203 Å². The van der Waals surface area contributed by atoms with E-state index in [4.69, 9.17) is 26.2 Å². The first-order chi connectivity index (χ1) is 16.6. The lowest BCUT2D eigenvalue weighted by molar-refractivity contribution is -0.144. The molecule has 0 aliphatic rings. The molecule has 0 heterocycles. The van der Waals surface area contributed by atoms with Crippen LogP contribution in [0, 0.1) is 0 Å². The smallest absolute Gasteiger partial charge is 0.326 e. The van der Waals surface area contributed by atoms with Gasteiger partial charge in [0.15, 0.2) is 0 Å². The molecule has 0 saturated heterocycles. The monoisotopic (exact) mass is 520 g/mol. The number of aliphatic carboxylic acids is 5. The van der Waals surface area contributed by atoms with Gasteiger partial charge in [0.25, 0.3) is 0 Å². The third kappa shape index (κ3) is 13.4. The highest BCUT2D eigenvalue weighted by Crippen LogP contribution is 2.06. The van der Waals surface area contributed by atoms with Gasteiger partial charge in [-0.3, -0.25) is 33.6 Å². The van der Waals surface area contributed by atoms with Gasteiger partial charge in [-0.25, -0.2) is 4.79 Å². The summed E-state index contributed by atoms with van der Waals surface area (Å²) in [7, 11) is 0. The quantitative estimate of drug-likeness (QED) is 0.0866. The van der Waals surface area contributed by atoms with Crippen LogP contribution in [-0.4, -0.2) is 97.3 Å².